The maximum Gasteiger partial charge on any atom is 0.318 e. The van der Waals surface area contributed by atoms with Gasteiger partial charge in [0, 0.05) is 11.9 Å². The summed E-state index contributed by atoms with van der Waals surface area (Å²) in [6.45, 7) is 3.24. The first-order valence-electron chi connectivity index (χ1n) is 6.82. The third-order valence-electron chi connectivity index (χ3n) is 3.05. The van der Waals surface area contributed by atoms with Crippen LogP contribution >= 0.6 is 0 Å². The number of benzene rings is 1. The van der Waals surface area contributed by atoms with E-state index in [-0.39, 0.29) is 23.9 Å². The molecule has 1 aromatic carbocycles. The van der Waals surface area contributed by atoms with Crippen molar-refractivity contribution >= 4 is 27.0 Å². The number of nitrogens with zero attached hydrogens (tertiary/aromatic N) is 2. The fraction of sp³-hybridized carbons (Fsp3) is 0.429. The van der Waals surface area contributed by atoms with Crippen LogP contribution in [0.25, 0.3) is 11.0 Å². The first-order chi connectivity index (χ1) is 10.3. The van der Waals surface area contributed by atoms with Crippen molar-refractivity contribution in [3.05, 3.63) is 30.0 Å². The number of carbonyl (C=O) groups is 1. The molecule has 1 heterocycles. The monoisotopic (exact) mass is 326 g/mol. The third-order valence-corrected chi connectivity index (χ3v) is 4.75. The van der Waals surface area contributed by atoms with E-state index in [1.165, 1.54) is 0 Å². The number of carboxylic acids is 1. The second-order valence-corrected chi connectivity index (χ2v) is 7.43. The van der Waals surface area contributed by atoms with E-state index in [0.717, 1.165) is 4.31 Å². The molecule has 0 radical (unpaired) electrons. The highest BCUT2D eigenvalue weighted by Gasteiger charge is 2.27. The molecule has 8 heteroatoms. The summed E-state index contributed by atoms with van der Waals surface area (Å²) in [4.78, 5) is 10.9. The summed E-state index contributed by atoms with van der Waals surface area (Å²) < 4.78 is 31.1. The fourth-order valence-electron chi connectivity index (χ4n) is 2.14. The van der Waals surface area contributed by atoms with Crippen LogP contribution in [0, 0.1) is 5.92 Å². The number of carboxylic acid groups (broad SMARTS) is 1. The highest BCUT2D eigenvalue weighted by Crippen LogP contribution is 2.21. The maximum atomic E-state index is 12.5. The van der Waals surface area contributed by atoms with Crippen LogP contribution in [0.1, 0.15) is 19.5 Å². The predicted octanol–water partition coefficient (Wildman–Crippen LogP) is 1.70. The van der Waals surface area contributed by atoms with Crippen LogP contribution in [0.3, 0.4) is 0 Å². The van der Waals surface area contributed by atoms with Gasteiger partial charge in [0.2, 0.25) is 10.0 Å². The highest BCUT2D eigenvalue weighted by atomic mass is 32.2. The number of fused-ring (bicyclic) bond motifs is 1. The van der Waals surface area contributed by atoms with Crippen molar-refractivity contribution < 1.29 is 22.8 Å². The summed E-state index contributed by atoms with van der Waals surface area (Å²) in [5.41, 5.74) is 0.788. The van der Waals surface area contributed by atoms with Crippen LogP contribution in [-0.2, 0) is 20.6 Å². The van der Waals surface area contributed by atoms with E-state index in [0.29, 0.717) is 11.0 Å². The minimum atomic E-state index is -3.80. The number of sulfonamides is 1. The van der Waals surface area contributed by atoms with E-state index in [1.807, 2.05) is 13.8 Å². The second kappa shape index (κ2) is 6.45. The van der Waals surface area contributed by atoms with Crippen molar-refractivity contribution in [2.24, 2.45) is 5.92 Å². The molecule has 0 unspecified atom stereocenters. The lowest BCUT2D eigenvalue weighted by Crippen LogP contribution is -2.39. The van der Waals surface area contributed by atoms with Gasteiger partial charge in [-0.15, -0.1) is 0 Å². The normalized spacial score (nSPS) is 12.4. The van der Waals surface area contributed by atoms with Crippen LogP contribution in [0.2, 0.25) is 0 Å². The second-order valence-electron chi connectivity index (χ2n) is 5.46. The molecule has 22 heavy (non-hydrogen) atoms. The van der Waals surface area contributed by atoms with Gasteiger partial charge in [0.05, 0.1) is 0 Å². The Morgan fingerprint density at radius 1 is 1.36 bits per heavy atom. The Morgan fingerprint density at radius 3 is 2.68 bits per heavy atom. The van der Waals surface area contributed by atoms with Gasteiger partial charge in [-0.1, -0.05) is 31.1 Å². The van der Waals surface area contributed by atoms with Gasteiger partial charge in [-0.2, -0.15) is 4.31 Å². The first-order valence-corrected chi connectivity index (χ1v) is 8.43. The predicted molar refractivity (Wildman–Crippen MR) is 80.7 cm³/mol. The molecule has 0 fully saturated rings. The summed E-state index contributed by atoms with van der Waals surface area (Å²) >= 11 is 0. The molecule has 1 aromatic heterocycles. The fourth-order valence-corrected chi connectivity index (χ4v) is 3.71. The van der Waals surface area contributed by atoms with Gasteiger partial charge in [-0.3, -0.25) is 4.79 Å². The molecule has 1 N–H and O–H groups in total. The summed E-state index contributed by atoms with van der Waals surface area (Å²) in [5, 5.41) is 13.3. The molecule has 0 spiro atoms. The molecule has 0 saturated carbocycles. The first kappa shape index (κ1) is 16.4. The molecule has 0 bridgehead atoms. The molecule has 0 amide bonds. The van der Waals surface area contributed by atoms with Crippen molar-refractivity contribution in [2.45, 2.75) is 19.6 Å². The Kier molecular flexibility index (Phi) is 4.82. The molecular formula is C14H18N2O5S. The molecule has 2 rings (SSSR count). The van der Waals surface area contributed by atoms with Crippen LogP contribution in [-0.4, -0.2) is 42.0 Å². The molecule has 0 aliphatic rings. The van der Waals surface area contributed by atoms with E-state index in [9.17, 15) is 13.2 Å². The number of hydrogen-bond donors (Lipinski definition) is 1. The Bertz CT molecular complexity index is 766. The van der Waals surface area contributed by atoms with Crippen molar-refractivity contribution in [2.75, 3.05) is 13.1 Å². The largest absolute Gasteiger partial charge is 0.480 e. The molecule has 0 aliphatic heterocycles. The van der Waals surface area contributed by atoms with E-state index in [2.05, 4.69) is 5.16 Å². The van der Waals surface area contributed by atoms with Crippen molar-refractivity contribution in [1.82, 2.24) is 9.46 Å². The average molecular weight is 326 g/mol. The van der Waals surface area contributed by atoms with Gasteiger partial charge < -0.3 is 9.63 Å². The molecule has 0 atom stereocenters. The van der Waals surface area contributed by atoms with E-state index < -0.39 is 22.5 Å². The number of rotatable bonds is 7. The minimum Gasteiger partial charge on any atom is -0.480 e. The van der Waals surface area contributed by atoms with Crippen LogP contribution < -0.4 is 0 Å². The summed E-state index contributed by atoms with van der Waals surface area (Å²) in [6, 6.07) is 6.95. The summed E-state index contributed by atoms with van der Waals surface area (Å²) in [5.74, 6) is -1.55. The summed E-state index contributed by atoms with van der Waals surface area (Å²) in [7, 11) is -3.80. The van der Waals surface area contributed by atoms with Crippen LogP contribution in [0.15, 0.2) is 28.8 Å². The molecule has 0 saturated heterocycles. The van der Waals surface area contributed by atoms with Gasteiger partial charge in [0.1, 0.15) is 18.0 Å². The maximum absolute atomic E-state index is 12.5. The Balaban J connectivity index is 2.29. The highest BCUT2D eigenvalue weighted by molar-refractivity contribution is 7.88. The minimum absolute atomic E-state index is 0.0168. The van der Waals surface area contributed by atoms with Crippen molar-refractivity contribution in [1.29, 1.82) is 0 Å². The van der Waals surface area contributed by atoms with E-state index in [1.54, 1.807) is 24.3 Å². The molecule has 120 valence electrons. The Morgan fingerprint density at radius 2 is 2.05 bits per heavy atom. The number of para-hydroxylation sites is 1. The zero-order valence-electron chi connectivity index (χ0n) is 12.4. The van der Waals surface area contributed by atoms with Gasteiger partial charge in [0.25, 0.3) is 0 Å². The lowest BCUT2D eigenvalue weighted by atomic mass is 10.2. The quantitative estimate of drug-likeness (QED) is 0.831. The van der Waals surface area contributed by atoms with E-state index in [4.69, 9.17) is 9.63 Å². The SMILES string of the molecule is CC(C)CN(CC(=O)O)S(=O)(=O)Cc1noc2ccccc12. The molecule has 7 nitrogen and oxygen atoms in total. The third kappa shape index (κ3) is 3.83. The van der Waals surface area contributed by atoms with E-state index >= 15 is 0 Å². The molecule has 2 aromatic rings. The van der Waals surface area contributed by atoms with Gasteiger partial charge in [0.15, 0.2) is 5.58 Å². The topological polar surface area (TPSA) is 101 Å². The summed E-state index contributed by atoms with van der Waals surface area (Å²) in [6.07, 6.45) is 0. The number of aromatic nitrogens is 1. The van der Waals surface area contributed by atoms with Crippen LogP contribution in [0.5, 0.6) is 0 Å². The van der Waals surface area contributed by atoms with Crippen molar-refractivity contribution in [3.63, 3.8) is 0 Å². The van der Waals surface area contributed by atoms with Gasteiger partial charge in [-0.25, -0.2) is 8.42 Å². The smallest absolute Gasteiger partial charge is 0.318 e. The standard InChI is InChI=1S/C14H18N2O5S/c1-10(2)7-16(8-14(17)18)22(19,20)9-12-11-5-3-4-6-13(11)21-15-12/h3-6,10H,7-9H2,1-2H3,(H,17,18). The molecular weight excluding hydrogens is 308 g/mol. The molecule has 0 aliphatic carbocycles. The number of hydrogen-bond acceptors (Lipinski definition) is 5. The Hall–Kier alpha value is -1.93. The lowest BCUT2D eigenvalue weighted by Gasteiger charge is -2.21. The Labute approximate surface area is 128 Å². The number of aliphatic carboxylic acids is 1. The van der Waals surface area contributed by atoms with Gasteiger partial charge >= 0.3 is 5.97 Å². The van der Waals surface area contributed by atoms with Crippen molar-refractivity contribution in [3.8, 4) is 0 Å². The van der Waals surface area contributed by atoms with Gasteiger partial charge in [-0.05, 0) is 18.1 Å². The zero-order chi connectivity index (χ0) is 16.3. The lowest BCUT2D eigenvalue weighted by molar-refractivity contribution is -0.137. The average Bonchev–Trinajstić information content (AvgIpc) is 2.80. The van der Waals surface area contributed by atoms with Crippen LogP contribution in [0.4, 0.5) is 0 Å². The zero-order valence-corrected chi connectivity index (χ0v) is 13.2.